The second-order valence-corrected chi connectivity index (χ2v) is 7.53. The second-order valence-electron chi connectivity index (χ2n) is 7.53. The van der Waals surface area contributed by atoms with E-state index in [1.54, 1.807) is 6.92 Å². The van der Waals surface area contributed by atoms with Crippen LogP contribution < -0.4 is 5.32 Å². The highest BCUT2D eigenvalue weighted by atomic mass is 16.7. The van der Waals surface area contributed by atoms with Gasteiger partial charge in [-0.3, -0.25) is 9.78 Å². The van der Waals surface area contributed by atoms with Gasteiger partial charge < -0.3 is 14.8 Å². The number of carbonyl (C=O) groups excluding carboxylic acids is 2. The zero-order valence-corrected chi connectivity index (χ0v) is 18.2. The van der Waals surface area contributed by atoms with Crippen LogP contribution in [0.25, 0.3) is 22.0 Å². The Morgan fingerprint density at radius 1 is 1.06 bits per heavy atom. The molecule has 4 rings (SSSR count). The first kappa shape index (κ1) is 21.3. The van der Waals surface area contributed by atoms with Crippen molar-refractivity contribution in [3.8, 4) is 11.1 Å². The summed E-state index contributed by atoms with van der Waals surface area (Å²) in [5, 5.41) is 4.02. The van der Waals surface area contributed by atoms with Gasteiger partial charge in [-0.1, -0.05) is 42.5 Å². The predicted octanol–water partition coefficient (Wildman–Crippen LogP) is 5.47. The molecule has 6 nitrogen and oxygen atoms in total. The highest BCUT2D eigenvalue weighted by molar-refractivity contribution is 5.90. The summed E-state index contributed by atoms with van der Waals surface area (Å²) in [6, 6.07) is 17.8. The fourth-order valence-corrected chi connectivity index (χ4v) is 4.04. The summed E-state index contributed by atoms with van der Waals surface area (Å²) in [7, 11) is 0. The van der Waals surface area contributed by atoms with Crippen LogP contribution in [0.1, 0.15) is 32.3 Å². The number of benzene rings is 2. The standard InChI is InChI=1S/C26H24N2O4/c1-4-31-26(30)32-25-17(3)28-16(2)22(15-29)24(25)20-11-8-12-23-21(20)13-19(14-27-23)18-9-6-5-7-10-18/h5-15,24,28H,4H2,1-3H3. The molecule has 1 aromatic heterocycles. The summed E-state index contributed by atoms with van der Waals surface area (Å²) in [4.78, 5) is 29.0. The van der Waals surface area contributed by atoms with E-state index in [0.29, 0.717) is 22.7 Å². The van der Waals surface area contributed by atoms with E-state index in [1.165, 1.54) is 0 Å². The number of allylic oxidation sites excluding steroid dienone is 3. The van der Waals surface area contributed by atoms with E-state index in [2.05, 4.69) is 16.4 Å². The third-order valence-electron chi connectivity index (χ3n) is 5.51. The number of nitrogens with one attached hydrogen (secondary N) is 1. The molecule has 32 heavy (non-hydrogen) atoms. The lowest BCUT2D eigenvalue weighted by atomic mass is 9.83. The lowest BCUT2D eigenvalue weighted by Gasteiger charge is -2.29. The molecule has 1 unspecified atom stereocenters. The van der Waals surface area contributed by atoms with Crippen molar-refractivity contribution in [1.82, 2.24) is 10.3 Å². The van der Waals surface area contributed by atoms with Crippen LogP contribution in [0.4, 0.5) is 4.79 Å². The van der Waals surface area contributed by atoms with Crippen LogP contribution in [0, 0.1) is 0 Å². The summed E-state index contributed by atoms with van der Waals surface area (Å²) >= 11 is 0. The number of fused-ring (bicyclic) bond motifs is 1. The molecular weight excluding hydrogens is 404 g/mol. The van der Waals surface area contributed by atoms with Gasteiger partial charge in [0.05, 0.1) is 23.7 Å². The average Bonchev–Trinajstić information content (AvgIpc) is 2.80. The second kappa shape index (κ2) is 9.06. The van der Waals surface area contributed by atoms with Crippen molar-refractivity contribution in [3.05, 3.63) is 89.1 Å². The van der Waals surface area contributed by atoms with Crippen LogP contribution in [0.3, 0.4) is 0 Å². The van der Waals surface area contributed by atoms with Crippen molar-refractivity contribution in [2.24, 2.45) is 0 Å². The largest absolute Gasteiger partial charge is 0.513 e. The zero-order chi connectivity index (χ0) is 22.7. The van der Waals surface area contributed by atoms with Gasteiger partial charge in [0.2, 0.25) is 0 Å². The number of carbonyl (C=O) groups is 2. The van der Waals surface area contributed by atoms with E-state index in [4.69, 9.17) is 9.47 Å². The number of aromatic nitrogens is 1. The van der Waals surface area contributed by atoms with Crippen molar-refractivity contribution in [3.63, 3.8) is 0 Å². The van der Waals surface area contributed by atoms with Crippen LogP contribution in [0.5, 0.6) is 0 Å². The van der Waals surface area contributed by atoms with Crippen LogP contribution in [0.15, 0.2) is 83.5 Å². The Morgan fingerprint density at radius 2 is 1.84 bits per heavy atom. The van der Waals surface area contributed by atoms with Gasteiger partial charge in [0.15, 0.2) is 0 Å². The highest BCUT2D eigenvalue weighted by Gasteiger charge is 2.33. The minimum atomic E-state index is -0.804. The van der Waals surface area contributed by atoms with Crippen molar-refractivity contribution in [2.45, 2.75) is 26.7 Å². The smallest absolute Gasteiger partial charge is 0.434 e. The van der Waals surface area contributed by atoms with E-state index in [-0.39, 0.29) is 6.61 Å². The number of aldehydes is 1. The molecule has 0 saturated carbocycles. The molecule has 0 bridgehead atoms. The maximum absolute atomic E-state index is 12.2. The van der Waals surface area contributed by atoms with E-state index >= 15 is 0 Å². The molecule has 1 atom stereocenters. The average molecular weight is 428 g/mol. The third kappa shape index (κ3) is 3.99. The molecular formula is C26H24N2O4. The van der Waals surface area contributed by atoms with Crippen LogP contribution in [0.2, 0.25) is 0 Å². The number of dihydropyridines is 1. The minimum absolute atomic E-state index is 0.192. The number of nitrogens with zero attached hydrogens (tertiary/aromatic N) is 1. The number of ether oxygens (including phenoxy) is 2. The van der Waals surface area contributed by atoms with E-state index < -0.39 is 12.1 Å². The Bertz CT molecular complexity index is 1250. The molecule has 1 aliphatic heterocycles. The van der Waals surface area contributed by atoms with Gasteiger partial charge in [0.25, 0.3) is 0 Å². The van der Waals surface area contributed by atoms with Crippen LogP contribution in [-0.2, 0) is 14.3 Å². The summed E-state index contributed by atoms with van der Waals surface area (Å²) in [6.07, 6.45) is 1.84. The molecule has 0 aliphatic carbocycles. The van der Waals surface area contributed by atoms with E-state index in [0.717, 1.165) is 33.9 Å². The maximum Gasteiger partial charge on any atom is 0.513 e. The summed E-state index contributed by atoms with van der Waals surface area (Å²) < 4.78 is 10.6. The lowest BCUT2D eigenvalue weighted by molar-refractivity contribution is -0.105. The fourth-order valence-electron chi connectivity index (χ4n) is 4.04. The molecule has 1 N–H and O–H groups in total. The van der Waals surface area contributed by atoms with Crippen LogP contribution in [-0.4, -0.2) is 24.0 Å². The highest BCUT2D eigenvalue weighted by Crippen LogP contribution is 2.41. The Labute approximate surface area is 186 Å². The van der Waals surface area contributed by atoms with Gasteiger partial charge in [0.1, 0.15) is 12.0 Å². The van der Waals surface area contributed by atoms with Gasteiger partial charge >= 0.3 is 6.16 Å². The lowest BCUT2D eigenvalue weighted by Crippen LogP contribution is -2.27. The van der Waals surface area contributed by atoms with Crippen molar-refractivity contribution < 1.29 is 19.1 Å². The van der Waals surface area contributed by atoms with Gasteiger partial charge in [0, 0.05) is 28.4 Å². The molecule has 2 aromatic carbocycles. The molecule has 3 aromatic rings. The molecule has 0 amide bonds. The zero-order valence-electron chi connectivity index (χ0n) is 18.2. The normalized spacial score (nSPS) is 16.0. The Morgan fingerprint density at radius 3 is 2.56 bits per heavy atom. The number of hydrogen-bond donors (Lipinski definition) is 1. The number of pyridine rings is 1. The first-order valence-corrected chi connectivity index (χ1v) is 10.5. The number of hydrogen-bond acceptors (Lipinski definition) is 6. The predicted molar refractivity (Wildman–Crippen MR) is 123 cm³/mol. The van der Waals surface area contributed by atoms with Crippen LogP contribution >= 0.6 is 0 Å². The van der Waals surface area contributed by atoms with Crippen molar-refractivity contribution in [2.75, 3.05) is 6.61 Å². The first-order valence-electron chi connectivity index (χ1n) is 10.5. The summed E-state index contributed by atoms with van der Waals surface area (Å²) in [5.74, 6) is -0.233. The minimum Gasteiger partial charge on any atom is -0.434 e. The summed E-state index contributed by atoms with van der Waals surface area (Å²) in [6.45, 7) is 5.55. The molecule has 0 radical (unpaired) electrons. The topological polar surface area (TPSA) is 77.5 Å². The number of rotatable bonds is 5. The first-order chi connectivity index (χ1) is 15.5. The molecule has 0 spiro atoms. The van der Waals surface area contributed by atoms with E-state index in [9.17, 15) is 9.59 Å². The Hall–Kier alpha value is -3.93. The molecule has 0 saturated heterocycles. The molecule has 2 heterocycles. The Balaban J connectivity index is 1.91. The monoisotopic (exact) mass is 428 g/mol. The van der Waals surface area contributed by atoms with Gasteiger partial charge in [-0.2, -0.15) is 0 Å². The van der Waals surface area contributed by atoms with E-state index in [1.807, 2.05) is 68.6 Å². The molecule has 0 fully saturated rings. The third-order valence-corrected chi connectivity index (χ3v) is 5.51. The SMILES string of the molecule is CCOC(=O)OC1=C(C)NC(C)=C(C=O)C1c1cccc2ncc(-c3ccccc3)cc12. The Kier molecular flexibility index (Phi) is 6.03. The van der Waals surface area contributed by atoms with Gasteiger partial charge in [-0.25, -0.2) is 4.79 Å². The molecule has 6 heteroatoms. The van der Waals surface area contributed by atoms with Crippen molar-refractivity contribution in [1.29, 1.82) is 0 Å². The fraction of sp³-hybridized carbons (Fsp3) is 0.192. The molecule has 1 aliphatic rings. The van der Waals surface area contributed by atoms with Crippen molar-refractivity contribution >= 4 is 23.3 Å². The molecule has 162 valence electrons. The maximum atomic E-state index is 12.2. The van der Waals surface area contributed by atoms with Gasteiger partial charge in [-0.15, -0.1) is 0 Å². The quantitative estimate of drug-likeness (QED) is 0.429. The summed E-state index contributed by atoms with van der Waals surface area (Å²) in [5.41, 5.74) is 5.47. The van der Waals surface area contributed by atoms with Gasteiger partial charge in [-0.05, 0) is 44.0 Å².